The Bertz CT molecular complexity index is 871. The molecule has 0 aromatic rings. The first-order valence-corrected chi connectivity index (χ1v) is 14.0. The van der Waals surface area contributed by atoms with E-state index in [9.17, 15) is 17.6 Å². The van der Waals surface area contributed by atoms with Crippen LogP contribution in [0, 0.1) is 35.5 Å². The SMILES string of the molecule is C=C(/C=C(/F)C(=C)C(=C)/C=C(/F)C(=C)Cl)OC(F)(F)C(C)CCC(C)C(C)CCC(C)C(C)CCC(C)C. The minimum Gasteiger partial charge on any atom is -0.433 e. The van der Waals surface area contributed by atoms with Crippen molar-refractivity contribution in [2.24, 2.45) is 35.5 Å². The molecule has 0 fully saturated rings. The molecule has 0 N–H and O–H groups in total. The van der Waals surface area contributed by atoms with E-state index in [1.807, 2.05) is 0 Å². The van der Waals surface area contributed by atoms with Crippen LogP contribution in [0.25, 0.3) is 0 Å². The number of allylic oxidation sites excluding steroid dienone is 7. The van der Waals surface area contributed by atoms with Gasteiger partial charge in [-0.05, 0) is 54.1 Å². The maximum Gasteiger partial charge on any atom is 0.400 e. The predicted octanol–water partition coefficient (Wildman–Crippen LogP) is 11.9. The Morgan fingerprint density at radius 3 is 1.55 bits per heavy atom. The largest absolute Gasteiger partial charge is 0.433 e. The second-order valence-electron chi connectivity index (χ2n) is 11.5. The molecule has 0 amide bonds. The molecule has 5 atom stereocenters. The van der Waals surface area contributed by atoms with Crippen LogP contribution in [-0.4, -0.2) is 6.11 Å². The summed E-state index contributed by atoms with van der Waals surface area (Å²) in [5.74, 6) is -0.833. The molecule has 0 aliphatic heterocycles. The van der Waals surface area contributed by atoms with Gasteiger partial charge in [0.15, 0.2) is 0 Å². The highest BCUT2D eigenvalue weighted by Crippen LogP contribution is 2.35. The molecule has 0 aromatic carbocycles. The molecular weight excluding hydrogens is 512 g/mol. The monoisotopic (exact) mass is 560 g/mol. The van der Waals surface area contributed by atoms with Crippen molar-refractivity contribution in [1.82, 2.24) is 0 Å². The summed E-state index contributed by atoms with van der Waals surface area (Å²) in [5.41, 5.74) is -0.445. The number of ether oxygens (including phenoxy) is 1. The van der Waals surface area contributed by atoms with Crippen LogP contribution in [-0.2, 0) is 4.74 Å². The molecule has 0 saturated carbocycles. The van der Waals surface area contributed by atoms with Gasteiger partial charge in [0, 0.05) is 11.6 Å². The van der Waals surface area contributed by atoms with E-state index in [2.05, 4.69) is 67.9 Å². The Kier molecular flexibility index (Phi) is 16.3. The lowest BCUT2D eigenvalue weighted by Crippen LogP contribution is -2.29. The molecule has 0 aromatic heterocycles. The lowest BCUT2D eigenvalue weighted by atomic mass is 9.81. The van der Waals surface area contributed by atoms with Gasteiger partial charge in [0.2, 0.25) is 0 Å². The first-order valence-electron chi connectivity index (χ1n) is 13.6. The van der Waals surface area contributed by atoms with Crippen LogP contribution in [0.2, 0.25) is 0 Å². The lowest BCUT2D eigenvalue weighted by Gasteiger charge is -2.28. The molecule has 0 aliphatic rings. The fraction of sp³-hybridized carbons (Fsp3) is 0.625. The summed E-state index contributed by atoms with van der Waals surface area (Å²) in [5, 5.41) is -0.380. The zero-order chi connectivity index (χ0) is 29.8. The summed E-state index contributed by atoms with van der Waals surface area (Å²) in [7, 11) is 0. The van der Waals surface area contributed by atoms with Crippen molar-refractivity contribution < 1.29 is 22.3 Å². The van der Waals surface area contributed by atoms with E-state index in [-0.39, 0.29) is 22.6 Å². The molecular formula is C32H49ClF4O. The van der Waals surface area contributed by atoms with Crippen LogP contribution in [0.1, 0.15) is 87.0 Å². The van der Waals surface area contributed by atoms with Gasteiger partial charge in [-0.1, -0.05) is 112 Å². The van der Waals surface area contributed by atoms with Crippen molar-refractivity contribution in [1.29, 1.82) is 0 Å². The fourth-order valence-electron chi connectivity index (χ4n) is 3.95. The molecule has 0 bridgehead atoms. The van der Waals surface area contributed by atoms with E-state index in [0.29, 0.717) is 36.2 Å². The van der Waals surface area contributed by atoms with Crippen molar-refractivity contribution in [3.05, 3.63) is 72.1 Å². The predicted molar refractivity (Wildman–Crippen MR) is 155 cm³/mol. The van der Waals surface area contributed by atoms with E-state index in [1.54, 1.807) is 0 Å². The highest BCUT2D eigenvalue weighted by Gasteiger charge is 2.39. The van der Waals surface area contributed by atoms with Crippen molar-refractivity contribution >= 4 is 11.6 Å². The summed E-state index contributed by atoms with van der Waals surface area (Å²) in [6, 6.07) is 0. The topological polar surface area (TPSA) is 9.23 Å². The molecule has 0 radical (unpaired) electrons. The molecule has 5 unspecified atom stereocenters. The molecule has 0 heterocycles. The van der Waals surface area contributed by atoms with Crippen LogP contribution in [0.4, 0.5) is 17.6 Å². The van der Waals surface area contributed by atoms with Crippen molar-refractivity contribution in [2.45, 2.75) is 93.1 Å². The van der Waals surface area contributed by atoms with Gasteiger partial charge in [0.1, 0.15) is 17.4 Å². The molecule has 1 nitrogen and oxygen atoms in total. The highest BCUT2D eigenvalue weighted by molar-refractivity contribution is 6.31. The van der Waals surface area contributed by atoms with Crippen molar-refractivity contribution in [3.8, 4) is 0 Å². The molecule has 0 saturated heterocycles. The molecule has 38 heavy (non-hydrogen) atoms. The number of alkyl halides is 2. The average Bonchev–Trinajstić information content (AvgIpc) is 2.82. The second kappa shape index (κ2) is 17.0. The average molecular weight is 561 g/mol. The Morgan fingerprint density at radius 1 is 0.711 bits per heavy atom. The molecule has 0 rings (SSSR count). The highest BCUT2D eigenvalue weighted by atomic mass is 35.5. The van der Waals surface area contributed by atoms with E-state index in [4.69, 9.17) is 16.3 Å². The Labute approximate surface area is 234 Å². The van der Waals surface area contributed by atoms with E-state index in [0.717, 1.165) is 24.8 Å². The third-order valence-corrected chi connectivity index (χ3v) is 7.82. The van der Waals surface area contributed by atoms with Crippen LogP contribution in [0.5, 0.6) is 0 Å². The van der Waals surface area contributed by atoms with Gasteiger partial charge >= 0.3 is 6.11 Å². The lowest BCUT2D eigenvalue weighted by molar-refractivity contribution is -0.245. The van der Waals surface area contributed by atoms with Gasteiger partial charge in [-0.25, -0.2) is 8.78 Å². The normalized spacial score (nSPS) is 17.0. The van der Waals surface area contributed by atoms with Gasteiger partial charge in [-0.15, -0.1) is 0 Å². The zero-order valence-electron chi connectivity index (χ0n) is 24.5. The minimum atomic E-state index is -3.53. The standard InChI is InChI=1S/C32H49ClF4O/c1-20(2)12-13-21(3)22(4)14-15-23(5)24(6)16-17-26(8)32(36,37)38-27(9)19-30(34)28(10)25(7)18-31(35)29(11)33/h18-24,26H,7,9-17H2,1-6,8H3/b30-19+,31-18+. The third kappa shape index (κ3) is 13.9. The molecule has 0 aliphatic carbocycles. The first kappa shape index (κ1) is 36.2. The van der Waals surface area contributed by atoms with Crippen LogP contribution < -0.4 is 0 Å². The molecule has 0 spiro atoms. The van der Waals surface area contributed by atoms with Gasteiger partial charge in [0.05, 0.1) is 11.0 Å². The Hall–Kier alpha value is -1.75. The van der Waals surface area contributed by atoms with Crippen LogP contribution >= 0.6 is 11.6 Å². The fourth-order valence-corrected chi connectivity index (χ4v) is 4.00. The summed E-state index contributed by atoms with van der Waals surface area (Å²) in [4.78, 5) is 0. The second-order valence-corrected chi connectivity index (χ2v) is 11.9. The zero-order valence-corrected chi connectivity index (χ0v) is 25.2. The summed E-state index contributed by atoms with van der Waals surface area (Å²) in [6.07, 6.45) is 3.59. The van der Waals surface area contributed by atoms with Gasteiger partial charge in [0.25, 0.3) is 0 Å². The smallest absolute Gasteiger partial charge is 0.400 e. The van der Waals surface area contributed by atoms with Crippen LogP contribution in [0.3, 0.4) is 0 Å². The van der Waals surface area contributed by atoms with Gasteiger partial charge in [-0.2, -0.15) is 8.78 Å². The number of rotatable bonds is 19. The maximum atomic E-state index is 14.7. The molecule has 6 heteroatoms. The number of hydrogen-bond acceptors (Lipinski definition) is 1. The number of hydrogen-bond donors (Lipinski definition) is 0. The van der Waals surface area contributed by atoms with Crippen molar-refractivity contribution in [3.63, 3.8) is 0 Å². The van der Waals surface area contributed by atoms with E-state index < -0.39 is 29.4 Å². The molecule has 218 valence electrons. The van der Waals surface area contributed by atoms with E-state index in [1.165, 1.54) is 19.8 Å². The number of halogens is 5. The Morgan fingerprint density at radius 2 is 1.13 bits per heavy atom. The van der Waals surface area contributed by atoms with Crippen molar-refractivity contribution in [2.75, 3.05) is 0 Å². The quantitative estimate of drug-likeness (QED) is 0.0866. The van der Waals surface area contributed by atoms with Gasteiger partial charge in [-0.3, -0.25) is 0 Å². The minimum absolute atomic E-state index is 0.131. The third-order valence-electron chi connectivity index (χ3n) is 7.64. The Balaban J connectivity index is 4.82. The summed E-state index contributed by atoms with van der Waals surface area (Å²) in [6.45, 7) is 28.4. The van der Waals surface area contributed by atoms with E-state index >= 15 is 0 Å². The summed E-state index contributed by atoms with van der Waals surface area (Å²) >= 11 is 5.43. The van der Waals surface area contributed by atoms with Crippen LogP contribution in [0.15, 0.2) is 72.1 Å². The summed E-state index contributed by atoms with van der Waals surface area (Å²) < 4.78 is 62.1. The first-order chi connectivity index (χ1) is 17.4. The maximum absolute atomic E-state index is 14.7. The van der Waals surface area contributed by atoms with Gasteiger partial charge < -0.3 is 4.74 Å².